The van der Waals surface area contributed by atoms with Gasteiger partial charge >= 0.3 is 0 Å². The van der Waals surface area contributed by atoms with E-state index in [2.05, 4.69) is 11.4 Å². The van der Waals surface area contributed by atoms with Crippen molar-refractivity contribution in [3.63, 3.8) is 0 Å². The van der Waals surface area contributed by atoms with Crippen molar-refractivity contribution in [1.82, 2.24) is 0 Å². The number of hydrogen-bond donors (Lipinski definition) is 1. The fourth-order valence-electron chi connectivity index (χ4n) is 2.11. The highest BCUT2D eigenvalue weighted by molar-refractivity contribution is 7.09. The minimum absolute atomic E-state index is 0.125. The second kappa shape index (κ2) is 7.53. The SMILES string of the molecule is CCC(N)C(OCCc1cccs1)c1cccc(F)c1. The van der Waals surface area contributed by atoms with Crippen molar-refractivity contribution in [3.8, 4) is 0 Å². The maximum Gasteiger partial charge on any atom is 0.123 e. The van der Waals surface area contributed by atoms with Crippen molar-refractivity contribution in [2.24, 2.45) is 5.73 Å². The van der Waals surface area contributed by atoms with Gasteiger partial charge in [-0.3, -0.25) is 0 Å². The van der Waals surface area contributed by atoms with Crippen LogP contribution in [0.25, 0.3) is 0 Å². The van der Waals surface area contributed by atoms with Crippen molar-refractivity contribution in [2.45, 2.75) is 31.9 Å². The lowest BCUT2D eigenvalue weighted by atomic mass is 10.0. The van der Waals surface area contributed by atoms with Crippen molar-refractivity contribution in [2.75, 3.05) is 6.61 Å². The lowest BCUT2D eigenvalue weighted by Crippen LogP contribution is -2.30. The average molecular weight is 293 g/mol. The summed E-state index contributed by atoms with van der Waals surface area (Å²) in [7, 11) is 0. The molecule has 2 nitrogen and oxygen atoms in total. The van der Waals surface area contributed by atoms with E-state index in [4.69, 9.17) is 10.5 Å². The first kappa shape index (κ1) is 15.2. The maximum absolute atomic E-state index is 13.3. The molecule has 2 N–H and O–H groups in total. The van der Waals surface area contributed by atoms with Gasteiger partial charge in [0.1, 0.15) is 5.82 Å². The van der Waals surface area contributed by atoms with Gasteiger partial charge < -0.3 is 10.5 Å². The molecule has 0 saturated heterocycles. The van der Waals surface area contributed by atoms with Gasteiger partial charge in [0.05, 0.1) is 12.7 Å². The molecule has 1 aromatic carbocycles. The summed E-state index contributed by atoms with van der Waals surface area (Å²) in [5.74, 6) is -0.252. The zero-order valence-corrected chi connectivity index (χ0v) is 12.4. The summed E-state index contributed by atoms with van der Waals surface area (Å²) in [4.78, 5) is 1.29. The topological polar surface area (TPSA) is 35.2 Å². The first-order chi connectivity index (χ1) is 9.70. The molecule has 0 aliphatic carbocycles. The van der Waals surface area contributed by atoms with E-state index < -0.39 is 0 Å². The van der Waals surface area contributed by atoms with E-state index in [9.17, 15) is 4.39 Å². The molecule has 0 spiro atoms. The molecule has 0 aliphatic heterocycles. The molecule has 20 heavy (non-hydrogen) atoms. The molecule has 2 unspecified atom stereocenters. The molecule has 0 fully saturated rings. The highest BCUT2D eigenvalue weighted by Crippen LogP contribution is 2.23. The van der Waals surface area contributed by atoms with Crippen LogP contribution in [-0.2, 0) is 11.2 Å². The molecule has 0 aliphatic rings. The second-order valence-corrected chi connectivity index (χ2v) is 5.78. The van der Waals surface area contributed by atoms with Gasteiger partial charge in [0.25, 0.3) is 0 Å². The third-order valence-corrected chi connectivity index (χ3v) is 4.20. The number of thiophene rings is 1. The number of ether oxygens (including phenoxy) is 1. The van der Waals surface area contributed by atoms with Crippen molar-refractivity contribution in [3.05, 3.63) is 58.0 Å². The van der Waals surface area contributed by atoms with Crippen LogP contribution in [0.2, 0.25) is 0 Å². The van der Waals surface area contributed by atoms with E-state index in [1.807, 2.05) is 19.1 Å². The summed E-state index contributed by atoms with van der Waals surface area (Å²) in [5, 5.41) is 2.05. The lowest BCUT2D eigenvalue weighted by molar-refractivity contribution is 0.0355. The molecule has 2 aromatic rings. The molecule has 0 amide bonds. The van der Waals surface area contributed by atoms with Gasteiger partial charge in [-0.1, -0.05) is 25.1 Å². The van der Waals surface area contributed by atoms with E-state index in [0.29, 0.717) is 6.61 Å². The second-order valence-electron chi connectivity index (χ2n) is 4.75. The van der Waals surface area contributed by atoms with Gasteiger partial charge in [0, 0.05) is 17.3 Å². The van der Waals surface area contributed by atoms with Gasteiger partial charge in [0.15, 0.2) is 0 Å². The first-order valence-electron chi connectivity index (χ1n) is 6.85. The van der Waals surface area contributed by atoms with E-state index >= 15 is 0 Å². The fraction of sp³-hybridized carbons (Fsp3) is 0.375. The Morgan fingerprint density at radius 2 is 2.15 bits per heavy atom. The Bertz CT molecular complexity index is 515. The summed E-state index contributed by atoms with van der Waals surface area (Å²) >= 11 is 1.72. The molecule has 2 rings (SSSR count). The smallest absolute Gasteiger partial charge is 0.123 e. The van der Waals surface area contributed by atoms with E-state index in [1.165, 1.54) is 17.0 Å². The monoisotopic (exact) mass is 293 g/mol. The highest BCUT2D eigenvalue weighted by Gasteiger charge is 2.19. The van der Waals surface area contributed by atoms with Crippen molar-refractivity contribution in [1.29, 1.82) is 0 Å². The van der Waals surface area contributed by atoms with Crippen LogP contribution in [-0.4, -0.2) is 12.6 Å². The Hall–Kier alpha value is -1.23. The standard InChI is InChI=1S/C16H20FNOS/c1-2-15(18)16(12-5-3-6-13(17)11-12)19-9-8-14-7-4-10-20-14/h3-7,10-11,15-16H,2,8-9,18H2,1H3. The fourth-order valence-corrected chi connectivity index (χ4v) is 2.80. The summed E-state index contributed by atoms with van der Waals surface area (Å²) in [6.45, 7) is 2.61. The molecule has 2 atom stereocenters. The number of halogens is 1. The average Bonchev–Trinajstić information content (AvgIpc) is 2.96. The van der Waals surface area contributed by atoms with Crippen molar-refractivity contribution >= 4 is 11.3 Å². The lowest BCUT2D eigenvalue weighted by Gasteiger charge is -2.24. The zero-order valence-electron chi connectivity index (χ0n) is 11.6. The molecule has 108 valence electrons. The Balaban J connectivity index is 2.00. The van der Waals surface area contributed by atoms with Crippen molar-refractivity contribution < 1.29 is 9.13 Å². The maximum atomic E-state index is 13.3. The number of rotatable bonds is 7. The van der Waals surface area contributed by atoms with Gasteiger partial charge in [-0.25, -0.2) is 4.39 Å². The molecule has 4 heteroatoms. The number of benzene rings is 1. The normalized spacial score (nSPS) is 14.2. The third-order valence-electron chi connectivity index (χ3n) is 3.26. The molecule has 0 bridgehead atoms. The predicted molar refractivity (Wildman–Crippen MR) is 81.4 cm³/mol. The molecule has 0 saturated carbocycles. The number of hydrogen-bond acceptors (Lipinski definition) is 3. The Morgan fingerprint density at radius 3 is 2.80 bits per heavy atom. The van der Waals surface area contributed by atoms with Crippen LogP contribution in [0.4, 0.5) is 4.39 Å². The van der Waals surface area contributed by atoms with Gasteiger partial charge in [-0.15, -0.1) is 11.3 Å². The Labute approximate surface area is 123 Å². The van der Waals surface area contributed by atoms with Crippen LogP contribution in [0, 0.1) is 5.82 Å². The summed E-state index contributed by atoms with van der Waals surface area (Å²) in [6.07, 6.45) is 1.40. The summed E-state index contributed by atoms with van der Waals surface area (Å²) < 4.78 is 19.3. The van der Waals surface area contributed by atoms with Gasteiger partial charge in [-0.05, 0) is 35.6 Å². The van der Waals surface area contributed by atoms with Crippen LogP contribution >= 0.6 is 11.3 Å². The van der Waals surface area contributed by atoms with Crippen LogP contribution < -0.4 is 5.73 Å². The zero-order chi connectivity index (χ0) is 14.4. The minimum atomic E-state index is -0.254. The quantitative estimate of drug-likeness (QED) is 0.839. The van der Waals surface area contributed by atoms with Gasteiger partial charge in [0.2, 0.25) is 0 Å². The Morgan fingerprint density at radius 1 is 1.30 bits per heavy atom. The summed E-state index contributed by atoms with van der Waals surface area (Å²) in [6, 6.07) is 10.5. The minimum Gasteiger partial charge on any atom is -0.372 e. The largest absolute Gasteiger partial charge is 0.372 e. The molecule has 1 aromatic heterocycles. The molecular weight excluding hydrogens is 273 g/mol. The number of nitrogens with two attached hydrogens (primary N) is 1. The highest BCUT2D eigenvalue weighted by atomic mass is 32.1. The van der Waals surface area contributed by atoms with Crippen LogP contribution in [0.5, 0.6) is 0 Å². The Kier molecular flexibility index (Phi) is 5.71. The van der Waals surface area contributed by atoms with Crippen LogP contribution in [0.3, 0.4) is 0 Å². The van der Waals surface area contributed by atoms with E-state index in [1.54, 1.807) is 17.4 Å². The third kappa shape index (κ3) is 4.13. The molecule has 1 heterocycles. The molecule has 0 radical (unpaired) electrons. The van der Waals surface area contributed by atoms with Crippen LogP contribution in [0.1, 0.15) is 29.9 Å². The van der Waals surface area contributed by atoms with E-state index in [-0.39, 0.29) is 18.0 Å². The summed E-state index contributed by atoms with van der Waals surface area (Å²) in [5.41, 5.74) is 6.92. The first-order valence-corrected chi connectivity index (χ1v) is 7.73. The predicted octanol–water partition coefficient (Wildman–Crippen LogP) is 3.92. The van der Waals surface area contributed by atoms with Gasteiger partial charge in [-0.2, -0.15) is 0 Å². The van der Waals surface area contributed by atoms with E-state index in [0.717, 1.165) is 18.4 Å². The molecular formula is C16H20FNOS. The van der Waals surface area contributed by atoms with Crippen LogP contribution in [0.15, 0.2) is 41.8 Å².